The van der Waals surface area contributed by atoms with Crippen molar-refractivity contribution in [1.82, 2.24) is 25.2 Å². The van der Waals surface area contributed by atoms with Gasteiger partial charge in [-0.05, 0) is 50.6 Å². The number of hydrogen-bond acceptors (Lipinski definition) is 4. The van der Waals surface area contributed by atoms with Crippen molar-refractivity contribution < 1.29 is 4.79 Å². The van der Waals surface area contributed by atoms with Gasteiger partial charge in [-0.2, -0.15) is 0 Å². The molecule has 8 heteroatoms. The number of carbonyl (C=O) groups is 1. The van der Waals surface area contributed by atoms with Crippen molar-refractivity contribution in [2.75, 3.05) is 20.1 Å². The Morgan fingerprint density at radius 1 is 1.32 bits per heavy atom. The molecule has 6 nitrogen and oxygen atoms in total. The summed E-state index contributed by atoms with van der Waals surface area (Å²) in [6.07, 6.45) is 1.99. The highest BCUT2D eigenvalue weighted by Gasteiger charge is 2.24. The summed E-state index contributed by atoms with van der Waals surface area (Å²) in [7, 11) is 1.74. The fraction of sp³-hybridized carbons (Fsp3) is 0.471. The van der Waals surface area contributed by atoms with Gasteiger partial charge in [0.2, 0.25) is 0 Å². The fourth-order valence-corrected chi connectivity index (χ4v) is 3.42. The van der Waals surface area contributed by atoms with Gasteiger partial charge in [0.1, 0.15) is 0 Å². The quantitative estimate of drug-likeness (QED) is 0.883. The molecule has 1 aromatic carbocycles. The highest BCUT2D eigenvalue weighted by atomic mass is 35.5. The van der Waals surface area contributed by atoms with Crippen molar-refractivity contribution >= 4 is 29.1 Å². The van der Waals surface area contributed by atoms with E-state index in [4.69, 9.17) is 23.2 Å². The van der Waals surface area contributed by atoms with Crippen LogP contribution in [0, 0.1) is 6.92 Å². The van der Waals surface area contributed by atoms with Crippen molar-refractivity contribution in [3.63, 3.8) is 0 Å². The number of amides is 1. The Kier molecular flexibility index (Phi) is 5.61. The molecule has 0 bridgehead atoms. The minimum Gasteiger partial charge on any atom is -0.336 e. The van der Waals surface area contributed by atoms with Crippen LogP contribution in [0.3, 0.4) is 0 Å². The van der Waals surface area contributed by atoms with Crippen LogP contribution in [0.15, 0.2) is 18.2 Å². The molecule has 0 saturated carbocycles. The van der Waals surface area contributed by atoms with Gasteiger partial charge in [-0.25, -0.2) is 4.68 Å². The Morgan fingerprint density at radius 2 is 2.04 bits per heavy atom. The molecule has 1 fully saturated rings. The van der Waals surface area contributed by atoms with E-state index >= 15 is 0 Å². The minimum absolute atomic E-state index is 0.149. The monoisotopic (exact) mass is 381 g/mol. The van der Waals surface area contributed by atoms with Gasteiger partial charge < -0.3 is 10.2 Å². The van der Waals surface area contributed by atoms with Gasteiger partial charge >= 0.3 is 0 Å². The van der Waals surface area contributed by atoms with Gasteiger partial charge in [0.25, 0.3) is 5.91 Å². The molecular formula is C17H21Cl2N5O. The van der Waals surface area contributed by atoms with E-state index in [0.717, 1.165) is 37.2 Å². The van der Waals surface area contributed by atoms with Crippen LogP contribution >= 0.6 is 23.2 Å². The maximum atomic E-state index is 12.8. The number of nitrogens with one attached hydrogen (secondary N) is 1. The third kappa shape index (κ3) is 3.97. The molecule has 1 aromatic heterocycles. The standard InChI is InChI=1S/C17H21Cl2N5O/c1-11-16(21-22-24(11)13-5-7-20-8-6-13)17(25)23(2)10-12-3-4-14(18)15(19)9-12/h3-4,9,13,20H,5-8,10H2,1-2H3. The normalized spacial score (nSPS) is 15.4. The number of hydrogen-bond donors (Lipinski definition) is 1. The molecule has 3 rings (SSSR count). The lowest BCUT2D eigenvalue weighted by atomic mass is 10.1. The maximum Gasteiger partial charge on any atom is 0.276 e. The number of halogens is 2. The molecule has 2 heterocycles. The fourth-order valence-electron chi connectivity index (χ4n) is 3.10. The van der Waals surface area contributed by atoms with E-state index in [1.165, 1.54) is 0 Å². The first-order valence-electron chi connectivity index (χ1n) is 8.29. The third-order valence-corrected chi connectivity index (χ3v) is 5.27. The van der Waals surface area contributed by atoms with Gasteiger partial charge in [0.15, 0.2) is 5.69 Å². The molecule has 0 radical (unpaired) electrons. The number of carbonyl (C=O) groups excluding carboxylic acids is 1. The van der Waals surface area contributed by atoms with Crippen molar-refractivity contribution in [2.45, 2.75) is 32.4 Å². The predicted molar refractivity (Wildman–Crippen MR) is 98.2 cm³/mol. The summed E-state index contributed by atoms with van der Waals surface area (Å²) in [5, 5.41) is 12.7. The predicted octanol–water partition coefficient (Wildman–Crippen LogP) is 3.09. The summed E-state index contributed by atoms with van der Waals surface area (Å²) in [5.41, 5.74) is 2.13. The number of aromatic nitrogens is 3. The second-order valence-corrected chi connectivity index (χ2v) is 7.17. The van der Waals surface area contributed by atoms with Crippen LogP contribution in [-0.4, -0.2) is 45.9 Å². The maximum absolute atomic E-state index is 12.8. The van der Waals surface area contributed by atoms with E-state index in [0.29, 0.717) is 28.3 Å². The highest BCUT2D eigenvalue weighted by molar-refractivity contribution is 6.42. The number of rotatable bonds is 4. The van der Waals surface area contributed by atoms with Crippen molar-refractivity contribution in [3.05, 3.63) is 45.2 Å². The second kappa shape index (κ2) is 7.72. The first-order valence-corrected chi connectivity index (χ1v) is 9.05. The lowest BCUT2D eigenvalue weighted by Crippen LogP contribution is -2.30. The Balaban J connectivity index is 1.73. The molecule has 2 aromatic rings. The van der Waals surface area contributed by atoms with E-state index in [2.05, 4.69) is 15.6 Å². The largest absolute Gasteiger partial charge is 0.336 e. The zero-order chi connectivity index (χ0) is 18.0. The SMILES string of the molecule is Cc1c(C(=O)N(C)Cc2ccc(Cl)c(Cl)c2)nnn1C1CCNCC1. The Bertz CT molecular complexity index is 770. The topological polar surface area (TPSA) is 63.1 Å². The van der Waals surface area contributed by atoms with Crippen molar-refractivity contribution in [1.29, 1.82) is 0 Å². The zero-order valence-corrected chi connectivity index (χ0v) is 15.8. The third-order valence-electron chi connectivity index (χ3n) is 4.54. The van der Waals surface area contributed by atoms with Crippen LogP contribution < -0.4 is 5.32 Å². The van der Waals surface area contributed by atoms with Crippen LogP contribution in [0.1, 0.15) is 40.6 Å². The molecule has 1 amide bonds. The molecule has 0 unspecified atom stereocenters. The summed E-state index contributed by atoms with van der Waals surface area (Å²) in [6, 6.07) is 5.66. The van der Waals surface area contributed by atoms with Gasteiger partial charge in [0.05, 0.1) is 21.8 Å². The van der Waals surface area contributed by atoms with Crippen LogP contribution in [-0.2, 0) is 6.54 Å². The molecule has 1 aliphatic rings. The van der Waals surface area contributed by atoms with Gasteiger partial charge in [-0.15, -0.1) is 5.10 Å². The van der Waals surface area contributed by atoms with Crippen molar-refractivity contribution in [3.8, 4) is 0 Å². The summed E-state index contributed by atoms with van der Waals surface area (Å²) < 4.78 is 1.89. The smallest absolute Gasteiger partial charge is 0.276 e. The molecule has 134 valence electrons. The molecule has 0 atom stereocenters. The van der Waals surface area contributed by atoms with Gasteiger partial charge in [0, 0.05) is 13.6 Å². The van der Waals surface area contributed by atoms with Crippen molar-refractivity contribution in [2.24, 2.45) is 0 Å². The summed E-state index contributed by atoms with van der Waals surface area (Å²) in [6.45, 7) is 4.26. The number of piperidine rings is 1. The summed E-state index contributed by atoms with van der Waals surface area (Å²) in [5.74, 6) is -0.149. The summed E-state index contributed by atoms with van der Waals surface area (Å²) in [4.78, 5) is 14.4. The van der Waals surface area contributed by atoms with Crippen LogP contribution in [0.5, 0.6) is 0 Å². The Labute approximate surface area is 157 Å². The van der Waals surface area contributed by atoms with E-state index < -0.39 is 0 Å². The number of benzene rings is 1. The molecule has 1 aliphatic heterocycles. The molecule has 1 saturated heterocycles. The molecule has 25 heavy (non-hydrogen) atoms. The van der Waals surface area contributed by atoms with Crippen LogP contribution in [0.25, 0.3) is 0 Å². The molecular weight excluding hydrogens is 361 g/mol. The number of nitrogens with zero attached hydrogens (tertiary/aromatic N) is 4. The van der Waals surface area contributed by atoms with Gasteiger partial charge in [-0.1, -0.05) is 34.5 Å². The van der Waals surface area contributed by atoms with E-state index in [1.54, 1.807) is 24.1 Å². The highest BCUT2D eigenvalue weighted by Crippen LogP contribution is 2.24. The lowest BCUT2D eigenvalue weighted by Gasteiger charge is -2.23. The van der Waals surface area contributed by atoms with E-state index in [9.17, 15) is 4.79 Å². The lowest BCUT2D eigenvalue weighted by molar-refractivity contribution is 0.0778. The van der Waals surface area contributed by atoms with E-state index in [-0.39, 0.29) is 5.91 Å². The van der Waals surface area contributed by atoms with Gasteiger partial charge in [-0.3, -0.25) is 4.79 Å². The molecule has 0 aliphatic carbocycles. The summed E-state index contributed by atoms with van der Waals surface area (Å²) >= 11 is 12.0. The minimum atomic E-state index is -0.149. The van der Waals surface area contributed by atoms with Crippen LogP contribution in [0.2, 0.25) is 10.0 Å². The average molecular weight is 382 g/mol. The second-order valence-electron chi connectivity index (χ2n) is 6.36. The first-order chi connectivity index (χ1) is 12.0. The average Bonchev–Trinajstić information content (AvgIpc) is 2.99. The molecule has 1 N–H and O–H groups in total. The Morgan fingerprint density at radius 3 is 2.72 bits per heavy atom. The Hall–Kier alpha value is -1.63. The van der Waals surface area contributed by atoms with E-state index in [1.807, 2.05) is 17.7 Å². The first kappa shape index (κ1) is 18.2. The zero-order valence-electron chi connectivity index (χ0n) is 14.3. The van der Waals surface area contributed by atoms with Crippen LogP contribution in [0.4, 0.5) is 0 Å². The molecule has 0 spiro atoms.